The van der Waals surface area contributed by atoms with Gasteiger partial charge < -0.3 is 10.6 Å². The summed E-state index contributed by atoms with van der Waals surface area (Å²) in [6, 6.07) is 10.3. The summed E-state index contributed by atoms with van der Waals surface area (Å²) in [5.41, 5.74) is -1.08. The molecule has 10 heteroatoms. The van der Waals surface area contributed by atoms with Crippen molar-refractivity contribution < 1.29 is 35.9 Å². The van der Waals surface area contributed by atoms with Crippen LogP contribution in [0.15, 0.2) is 66.7 Å². The van der Waals surface area contributed by atoms with Crippen LogP contribution in [0.2, 0.25) is 0 Å². The Morgan fingerprint density at radius 2 is 1.56 bits per heavy atom. The van der Waals surface area contributed by atoms with Gasteiger partial charge in [0.2, 0.25) is 5.91 Å². The van der Waals surface area contributed by atoms with Crippen LogP contribution in [0, 0.1) is 0 Å². The maximum atomic E-state index is 13.6. The fourth-order valence-corrected chi connectivity index (χ4v) is 3.77. The summed E-state index contributed by atoms with van der Waals surface area (Å²) in [4.78, 5) is 24.9. The number of rotatable bonds is 6. The highest BCUT2D eigenvalue weighted by Crippen LogP contribution is 2.36. The second-order valence-electron chi connectivity index (χ2n) is 8.44. The van der Waals surface area contributed by atoms with Gasteiger partial charge in [-0.3, -0.25) is 9.59 Å². The predicted molar refractivity (Wildman–Crippen MR) is 122 cm³/mol. The second-order valence-corrected chi connectivity index (χ2v) is 8.44. The second kappa shape index (κ2) is 9.67. The van der Waals surface area contributed by atoms with Gasteiger partial charge in [-0.15, -0.1) is 0 Å². The molecule has 0 bridgehead atoms. The van der Waals surface area contributed by atoms with E-state index in [1.54, 1.807) is 41.7 Å². The zero-order valence-electron chi connectivity index (χ0n) is 18.6. The van der Waals surface area contributed by atoms with E-state index in [2.05, 4.69) is 5.32 Å². The van der Waals surface area contributed by atoms with E-state index in [-0.39, 0.29) is 11.9 Å². The van der Waals surface area contributed by atoms with E-state index in [0.717, 1.165) is 31.1 Å². The molecule has 0 aromatic heterocycles. The molecule has 0 saturated heterocycles. The first-order chi connectivity index (χ1) is 16.9. The largest absolute Gasteiger partial charge is 0.416 e. The van der Waals surface area contributed by atoms with Gasteiger partial charge in [0.25, 0.3) is 5.91 Å². The third kappa shape index (κ3) is 5.87. The van der Waals surface area contributed by atoms with Gasteiger partial charge in [0.15, 0.2) is 6.04 Å². The minimum atomic E-state index is -5.03. The highest BCUT2D eigenvalue weighted by molar-refractivity contribution is 6.09. The standard InChI is InChI=1S/C26H20F6N2O2/c27-25(28,29)17-6-1-5-16(14-17)23(26(30,31)32)34-22(35)13-10-15-4-2-8-20-19(15)7-3-9-21(20)24(36)33-18-11-12-18/h1-10,13-14,18,23H,11-12H2,(H,33,36)(H,34,35)/b13-10+. The van der Waals surface area contributed by atoms with Gasteiger partial charge in [0, 0.05) is 17.7 Å². The van der Waals surface area contributed by atoms with Gasteiger partial charge in [-0.2, -0.15) is 26.3 Å². The first-order valence-corrected chi connectivity index (χ1v) is 11.0. The van der Waals surface area contributed by atoms with Gasteiger partial charge in [-0.1, -0.05) is 42.5 Å². The average molecular weight is 506 g/mol. The average Bonchev–Trinajstić information content (AvgIpc) is 3.63. The molecule has 1 atom stereocenters. The first kappa shape index (κ1) is 25.3. The van der Waals surface area contributed by atoms with Gasteiger partial charge in [0.05, 0.1) is 5.56 Å². The van der Waals surface area contributed by atoms with Crippen LogP contribution < -0.4 is 10.6 Å². The number of alkyl halides is 6. The lowest BCUT2D eigenvalue weighted by Gasteiger charge is -2.22. The lowest BCUT2D eigenvalue weighted by Crippen LogP contribution is -2.37. The first-order valence-electron chi connectivity index (χ1n) is 11.0. The van der Waals surface area contributed by atoms with E-state index in [9.17, 15) is 35.9 Å². The number of hydrogen-bond donors (Lipinski definition) is 2. The minimum Gasteiger partial charge on any atom is -0.349 e. The fraction of sp³-hybridized carbons (Fsp3) is 0.231. The number of carbonyl (C=O) groups is 2. The molecule has 1 saturated carbocycles. The van der Waals surface area contributed by atoms with Gasteiger partial charge >= 0.3 is 12.4 Å². The Labute approximate surface area is 202 Å². The van der Waals surface area contributed by atoms with Crippen LogP contribution in [-0.2, 0) is 11.0 Å². The molecule has 0 heterocycles. The number of halogens is 6. The summed E-state index contributed by atoms with van der Waals surface area (Å²) in [7, 11) is 0. The van der Waals surface area contributed by atoms with E-state index in [4.69, 9.17) is 0 Å². The van der Waals surface area contributed by atoms with Crippen molar-refractivity contribution in [2.45, 2.75) is 37.3 Å². The summed E-state index contributed by atoms with van der Waals surface area (Å²) in [5.74, 6) is -1.38. The Hall–Kier alpha value is -3.82. The molecule has 4 nitrogen and oxygen atoms in total. The van der Waals surface area contributed by atoms with E-state index >= 15 is 0 Å². The van der Waals surface area contributed by atoms with Crippen molar-refractivity contribution in [1.82, 2.24) is 10.6 Å². The Morgan fingerprint density at radius 3 is 2.22 bits per heavy atom. The van der Waals surface area contributed by atoms with Gasteiger partial charge in [-0.25, -0.2) is 0 Å². The van der Waals surface area contributed by atoms with Crippen LogP contribution in [-0.4, -0.2) is 24.0 Å². The lowest BCUT2D eigenvalue weighted by atomic mass is 9.99. The van der Waals surface area contributed by atoms with E-state index in [0.29, 0.717) is 34.0 Å². The normalized spacial score (nSPS) is 15.2. The molecule has 3 aromatic rings. The van der Waals surface area contributed by atoms with Crippen LogP contribution in [0.25, 0.3) is 16.8 Å². The zero-order valence-corrected chi connectivity index (χ0v) is 18.6. The fourth-order valence-electron chi connectivity index (χ4n) is 3.77. The summed E-state index contributed by atoms with van der Waals surface area (Å²) in [6.07, 6.45) is -5.87. The Kier molecular flexibility index (Phi) is 6.79. The number of carbonyl (C=O) groups excluding carboxylic acids is 2. The maximum absolute atomic E-state index is 13.6. The number of benzene rings is 3. The van der Waals surface area contributed by atoms with E-state index < -0.39 is 35.4 Å². The van der Waals surface area contributed by atoms with Crippen molar-refractivity contribution in [3.8, 4) is 0 Å². The van der Waals surface area contributed by atoms with Crippen LogP contribution >= 0.6 is 0 Å². The molecular weight excluding hydrogens is 486 g/mol. The summed E-state index contributed by atoms with van der Waals surface area (Å²) in [6.45, 7) is 0. The van der Waals surface area contributed by atoms with Crippen molar-refractivity contribution in [2.24, 2.45) is 0 Å². The number of nitrogens with one attached hydrogen (secondary N) is 2. The third-order valence-corrected chi connectivity index (χ3v) is 5.69. The van der Waals surface area contributed by atoms with Crippen LogP contribution in [0.3, 0.4) is 0 Å². The lowest BCUT2D eigenvalue weighted by molar-refractivity contribution is -0.162. The molecule has 188 valence electrons. The molecule has 0 aliphatic heterocycles. The summed E-state index contributed by atoms with van der Waals surface area (Å²) >= 11 is 0. The smallest absolute Gasteiger partial charge is 0.349 e. The molecule has 2 N–H and O–H groups in total. The summed E-state index contributed by atoms with van der Waals surface area (Å²) < 4.78 is 79.8. The number of amides is 2. The number of hydrogen-bond acceptors (Lipinski definition) is 2. The molecule has 36 heavy (non-hydrogen) atoms. The van der Waals surface area contributed by atoms with Gasteiger partial charge in [-0.05, 0) is 59.0 Å². The van der Waals surface area contributed by atoms with Crippen molar-refractivity contribution in [2.75, 3.05) is 0 Å². The van der Waals surface area contributed by atoms with Crippen molar-refractivity contribution in [3.63, 3.8) is 0 Å². The minimum absolute atomic E-state index is 0.151. The molecule has 1 aliphatic carbocycles. The van der Waals surface area contributed by atoms with Crippen LogP contribution in [0.4, 0.5) is 26.3 Å². The van der Waals surface area contributed by atoms with Crippen molar-refractivity contribution in [3.05, 3.63) is 89.0 Å². The molecule has 1 fully saturated rings. The highest BCUT2D eigenvalue weighted by Gasteiger charge is 2.42. The predicted octanol–water partition coefficient (Wildman–Crippen LogP) is 6.18. The van der Waals surface area contributed by atoms with Crippen LogP contribution in [0.1, 0.15) is 45.9 Å². The molecule has 0 spiro atoms. The van der Waals surface area contributed by atoms with Crippen LogP contribution in [0.5, 0.6) is 0 Å². The SMILES string of the molecule is O=C(/C=C/c1cccc2c(C(=O)NC3CC3)cccc12)NC(c1cccc(C(F)(F)F)c1)C(F)(F)F. The molecular formula is C26H20F6N2O2. The Morgan fingerprint density at radius 1 is 0.889 bits per heavy atom. The molecule has 2 amide bonds. The topological polar surface area (TPSA) is 58.2 Å². The Bertz CT molecular complexity index is 1330. The van der Waals surface area contributed by atoms with Gasteiger partial charge in [0.1, 0.15) is 0 Å². The van der Waals surface area contributed by atoms with Crippen molar-refractivity contribution >= 4 is 28.7 Å². The third-order valence-electron chi connectivity index (χ3n) is 5.69. The highest BCUT2D eigenvalue weighted by atomic mass is 19.4. The molecule has 1 aliphatic rings. The molecule has 3 aromatic carbocycles. The monoisotopic (exact) mass is 506 g/mol. The zero-order chi connectivity index (χ0) is 26.1. The molecule has 1 unspecified atom stereocenters. The van der Waals surface area contributed by atoms with E-state index in [1.165, 1.54) is 6.08 Å². The van der Waals surface area contributed by atoms with E-state index in [1.807, 2.05) is 0 Å². The summed E-state index contributed by atoms with van der Waals surface area (Å²) in [5, 5.41) is 5.86. The van der Waals surface area contributed by atoms with Crippen molar-refractivity contribution in [1.29, 1.82) is 0 Å². The Balaban J connectivity index is 1.58. The molecule has 0 radical (unpaired) electrons. The molecule has 4 rings (SSSR count). The number of fused-ring (bicyclic) bond motifs is 1. The quantitative estimate of drug-likeness (QED) is 0.310. The maximum Gasteiger partial charge on any atom is 0.416 e.